The molecule has 0 aromatic rings. The van der Waals surface area contributed by atoms with Crippen LogP contribution in [0.4, 0.5) is 0 Å². The number of phosphoric ester groups is 1. The summed E-state index contributed by atoms with van der Waals surface area (Å²) >= 11 is 0. The van der Waals surface area contributed by atoms with Gasteiger partial charge in [0.1, 0.15) is 0 Å². The van der Waals surface area contributed by atoms with Crippen LogP contribution in [0.2, 0.25) is 0 Å². The first kappa shape index (κ1) is 13.0. The Morgan fingerprint density at radius 3 is 2.46 bits per heavy atom. The molecule has 0 bridgehead atoms. The van der Waals surface area contributed by atoms with Crippen molar-refractivity contribution >= 4 is 7.82 Å². The van der Waals surface area contributed by atoms with Crippen molar-refractivity contribution in [3.63, 3.8) is 0 Å². The second-order valence-electron chi connectivity index (χ2n) is 2.60. The van der Waals surface area contributed by atoms with Crippen LogP contribution in [0.3, 0.4) is 0 Å². The van der Waals surface area contributed by atoms with Gasteiger partial charge in [0.05, 0.1) is 12.7 Å². The molecule has 80 valence electrons. The average Bonchev–Trinajstić information content (AvgIpc) is 2.01. The maximum Gasteiger partial charge on any atom is 0.469 e. The third kappa shape index (κ3) is 8.36. The Labute approximate surface area is 76.7 Å². The molecule has 1 atom stereocenters. The van der Waals surface area contributed by atoms with Crippen molar-refractivity contribution in [1.29, 1.82) is 0 Å². The summed E-state index contributed by atoms with van der Waals surface area (Å²) in [5, 5.41) is 7.99. The van der Waals surface area contributed by atoms with E-state index in [0.29, 0.717) is 19.3 Å². The number of hydrogen-bond acceptors (Lipinski definition) is 4. The van der Waals surface area contributed by atoms with Gasteiger partial charge in [0.2, 0.25) is 0 Å². The second kappa shape index (κ2) is 6.48. The van der Waals surface area contributed by atoms with E-state index in [9.17, 15) is 4.57 Å². The highest BCUT2D eigenvalue weighted by Gasteiger charge is 2.20. The summed E-state index contributed by atoms with van der Waals surface area (Å²) in [5.41, 5.74) is 0. The van der Waals surface area contributed by atoms with E-state index >= 15 is 0 Å². The average molecular weight is 214 g/mol. The van der Waals surface area contributed by atoms with Crippen LogP contribution in [0.1, 0.15) is 26.2 Å². The minimum absolute atomic E-state index is 0.140. The zero-order valence-corrected chi connectivity index (χ0v) is 8.31. The van der Waals surface area contributed by atoms with E-state index in [1.807, 2.05) is 0 Å². The van der Waals surface area contributed by atoms with Gasteiger partial charge in [0, 0.05) is 0 Å². The molecule has 6 nitrogen and oxygen atoms in total. The van der Waals surface area contributed by atoms with Gasteiger partial charge in [-0.25, -0.2) is 9.45 Å². The summed E-state index contributed by atoms with van der Waals surface area (Å²) in [7, 11) is -4.39. The van der Waals surface area contributed by atoms with Gasteiger partial charge in [-0.1, -0.05) is 6.92 Å². The van der Waals surface area contributed by atoms with E-state index < -0.39 is 13.9 Å². The number of phosphoric acid groups is 1. The molecule has 0 rings (SSSR count). The van der Waals surface area contributed by atoms with E-state index in [2.05, 4.69) is 9.41 Å². The molecule has 0 fully saturated rings. The highest BCUT2D eigenvalue weighted by molar-refractivity contribution is 7.46. The van der Waals surface area contributed by atoms with Crippen molar-refractivity contribution in [3.8, 4) is 0 Å². The molecule has 0 aromatic carbocycles. The first-order valence-electron chi connectivity index (χ1n) is 4.00. The van der Waals surface area contributed by atoms with E-state index in [1.54, 1.807) is 6.92 Å². The smallest absolute Gasteiger partial charge is 0.303 e. The summed E-state index contributed by atoms with van der Waals surface area (Å²) in [5.74, 6) is 0. The summed E-state index contributed by atoms with van der Waals surface area (Å²) in [6.07, 6.45) is 0.962. The zero-order chi connectivity index (χ0) is 10.3. The van der Waals surface area contributed by atoms with Crippen molar-refractivity contribution in [3.05, 3.63) is 0 Å². The Kier molecular flexibility index (Phi) is 6.49. The van der Waals surface area contributed by atoms with Gasteiger partial charge >= 0.3 is 7.82 Å². The molecular formula is C6H15O6P. The Balaban J connectivity index is 3.70. The normalized spacial score (nSPS) is 14.5. The lowest BCUT2D eigenvalue weighted by molar-refractivity contribution is -0.243. The fourth-order valence-corrected chi connectivity index (χ4v) is 1.54. The zero-order valence-electron chi connectivity index (χ0n) is 7.42. The number of hydrogen-bond donors (Lipinski definition) is 3. The van der Waals surface area contributed by atoms with E-state index in [-0.39, 0.29) is 6.61 Å². The topological polar surface area (TPSA) is 96.2 Å². The Hall–Kier alpha value is 0.0300. The van der Waals surface area contributed by atoms with E-state index in [0.717, 1.165) is 0 Å². The molecule has 0 aliphatic carbocycles. The maximum absolute atomic E-state index is 10.4. The molecule has 0 spiro atoms. The van der Waals surface area contributed by atoms with Crippen LogP contribution in [0.5, 0.6) is 0 Å². The quantitative estimate of drug-likeness (QED) is 0.254. The van der Waals surface area contributed by atoms with E-state index in [1.165, 1.54) is 0 Å². The highest BCUT2D eigenvalue weighted by Crippen LogP contribution is 2.39. The molecule has 0 aliphatic rings. The van der Waals surface area contributed by atoms with Gasteiger partial charge in [0.15, 0.2) is 0 Å². The van der Waals surface area contributed by atoms with Crippen molar-refractivity contribution < 1.29 is 29.0 Å². The van der Waals surface area contributed by atoms with Crippen molar-refractivity contribution in [1.82, 2.24) is 0 Å². The first-order chi connectivity index (χ1) is 5.99. The monoisotopic (exact) mass is 214 g/mol. The fourth-order valence-electron chi connectivity index (χ4n) is 0.901. The van der Waals surface area contributed by atoms with Gasteiger partial charge in [0.25, 0.3) is 0 Å². The van der Waals surface area contributed by atoms with Gasteiger partial charge in [-0.3, -0.25) is 9.78 Å². The van der Waals surface area contributed by atoms with Crippen LogP contribution in [0.15, 0.2) is 0 Å². The standard InChI is InChI=1S/C6H15O6P/c1-2-6(4-3-5-11-7)12-13(8,9)10/h6-7H,2-5H2,1H3,(H2,8,9,10). The van der Waals surface area contributed by atoms with Crippen molar-refractivity contribution in [2.24, 2.45) is 0 Å². The first-order valence-corrected chi connectivity index (χ1v) is 5.53. The van der Waals surface area contributed by atoms with Crippen LogP contribution < -0.4 is 0 Å². The van der Waals surface area contributed by atoms with Gasteiger partial charge in [-0.2, -0.15) is 0 Å². The lowest BCUT2D eigenvalue weighted by Gasteiger charge is -2.15. The minimum Gasteiger partial charge on any atom is -0.303 e. The van der Waals surface area contributed by atoms with Crippen LogP contribution in [-0.4, -0.2) is 27.8 Å². The molecule has 3 N–H and O–H groups in total. The lowest BCUT2D eigenvalue weighted by atomic mass is 10.2. The molecule has 0 heterocycles. The van der Waals surface area contributed by atoms with Gasteiger partial charge < -0.3 is 9.79 Å². The summed E-state index contributed by atoms with van der Waals surface area (Å²) < 4.78 is 14.9. The third-order valence-corrected chi connectivity index (χ3v) is 2.08. The summed E-state index contributed by atoms with van der Waals surface area (Å²) in [6.45, 7) is 1.90. The highest BCUT2D eigenvalue weighted by atomic mass is 31.2. The molecule has 0 saturated carbocycles. The molecule has 1 unspecified atom stereocenters. The Bertz CT molecular complexity index is 167. The largest absolute Gasteiger partial charge is 0.469 e. The molecule has 0 radical (unpaired) electrons. The maximum atomic E-state index is 10.4. The lowest BCUT2D eigenvalue weighted by Crippen LogP contribution is -2.11. The van der Waals surface area contributed by atoms with Crippen LogP contribution in [0.25, 0.3) is 0 Å². The second-order valence-corrected chi connectivity index (χ2v) is 3.79. The molecule has 0 saturated heterocycles. The molecule has 13 heavy (non-hydrogen) atoms. The molecule has 0 amide bonds. The Morgan fingerprint density at radius 2 is 2.08 bits per heavy atom. The van der Waals surface area contributed by atoms with Gasteiger partial charge in [-0.15, -0.1) is 0 Å². The van der Waals surface area contributed by atoms with E-state index in [4.69, 9.17) is 15.0 Å². The molecule has 7 heteroatoms. The Morgan fingerprint density at radius 1 is 1.46 bits per heavy atom. The minimum atomic E-state index is -4.39. The number of rotatable bonds is 7. The van der Waals surface area contributed by atoms with Crippen LogP contribution in [0, 0.1) is 0 Å². The molecule has 0 aromatic heterocycles. The molecular weight excluding hydrogens is 199 g/mol. The van der Waals surface area contributed by atoms with Crippen LogP contribution >= 0.6 is 7.82 Å². The van der Waals surface area contributed by atoms with Crippen molar-refractivity contribution in [2.75, 3.05) is 6.61 Å². The predicted octanol–water partition coefficient (Wildman–Crippen LogP) is 1.14. The fraction of sp³-hybridized carbons (Fsp3) is 1.00. The third-order valence-electron chi connectivity index (χ3n) is 1.50. The van der Waals surface area contributed by atoms with Crippen molar-refractivity contribution in [2.45, 2.75) is 32.3 Å². The predicted molar refractivity (Wildman–Crippen MR) is 45.0 cm³/mol. The van der Waals surface area contributed by atoms with Gasteiger partial charge in [-0.05, 0) is 19.3 Å². The molecule has 0 aliphatic heterocycles. The summed E-state index contributed by atoms with van der Waals surface area (Å²) in [6, 6.07) is 0. The van der Waals surface area contributed by atoms with Crippen LogP contribution in [-0.2, 0) is 14.0 Å². The summed E-state index contributed by atoms with van der Waals surface area (Å²) in [4.78, 5) is 20.8. The SMILES string of the molecule is CCC(CCCOO)OP(=O)(O)O.